The van der Waals surface area contributed by atoms with Gasteiger partial charge in [-0.15, -0.1) is 17.5 Å². The van der Waals surface area contributed by atoms with Gasteiger partial charge in [-0.2, -0.15) is 5.10 Å². The van der Waals surface area contributed by atoms with Gasteiger partial charge >= 0.3 is 0 Å². The summed E-state index contributed by atoms with van der Waals surface area (Å²) in [7, 11) is 0. The standard InChI is InChI=1S/C20H22N4O2S.ClH/c1-14-12-17(15(2)26-14)19(25)23-8-10-24(11-9-23)20-22-21-18(13-27-20)16-6-4-3-5-7-16;/h3-7,12H,8-11,13H2,1-2H3;1H. The van der Waals surface area contributed by atoms with E-state index in [0.717, 1.165) is 41.0 Å². The van der Waals surface area contributed by atoms with Crippen molar-refractivity contribution in [3.05, 3.63) is 59.0 Å². The molecule has 6 nitrogen and oxygen atoms in total. The molecule has 2 aromatic rings. The first-order valence-electron chi connectivity index (χ1n) is 9.06. The van der Waals surface area contributed by atoms with Crippen LogP contribution in [0.3, 0.4) is 0 Å². The monoisotopic (exact) mass is 418 g/mol. The van der Waals surface area contributed by atoms with E-state index in [4.69, 9.17) is 4.42 Å². The van der Waals surface area contributed by atoms with Gasteiger partial charge in [0, 0.05) is 31.9 Å². The minimum Gasteiger partial charge on any atom is -0.466 e. The summed E-state index contributed by atoms with van der Waals surface area (Å²) in [5.74, 6) is 2.33. The molecule has 4 rings (SSSR count). The fourth-order valence-electron chi connectivity index (χ4n) is 3.33. The molecule has 1 amide bonds. The molecular formula is C20H23ClN4O2S. The highest BCUT2D eigenvalue weighted by Crippen LogP contribution is 2.21. The maximum absolute atomic E-state index is 12.7. The van der Waals surface area contributed by atoms with Crippen LogP contribution in [0.2, 0.25) is 0 Å². The number of aryl methyl sites for hydroxylation is 2. The zero-order valence-corrected chi connectivity index (χ0v) is 17.6. The molecule has 148 valence electrons. The topological polar surface area (TPSA) is 61.4 Å². The van der Waals surface area contributed by atoms with Crippen molar-refractivity contribution >= 4 is 41.0 Å². The van der Waals surface area contributed by atoms with Gasteiger partial charge in [-0.3, -0.25) is 4.79 Å². The number of benzene rings is 1. The summed E-state index contributed by atoms with van der Waals surface area (Å²) in [6.45, 7) is 6.60. The van der Waals surface area contributed by atoms with Crippen LogP contribution in [-0.2, 0) is 0 Å². The minimum absolute atomic E-state index is 0. The second-order valence-electron chi connectivity index (χ2n) is 6.69. The van der Waals surface area contributed by atoms with Crippen LogP contribution >= 0.6 is 24.2 Å². The highest BCUT2D eigenvalue weighted by molar-refractivity contribution is 8.14. The first-order chi connectivity index (χ1) is 13.1. The molecule has 0 aliphatic carbocycles. The number of piperazine rings is 1. The molecule has 0 unspecified atom stereocenters. The Morgan fingerprint density at radius 2 is 1.79 bits per heavy atom. The van der Waals surface area contributed by atoms with Gasteiger partial charge in [0.05, 0.1) is 11.3 Å². The van der Waals surface area contributed by atoms with Crippen molar-refractivity contribution in [1.82, 2.24) is 9.80 Å². The molecular weight excluding hydrogens is 396 g/mol. The fraction of sp³-hybridized carbons (Fsp3) is 0.350. The number of nitrogens with zero attached hydrogens (tertiary/aromatic N) is 4. The van der Waals surface area contributed by atoms with Crippen molar-refractivity contribution < 1.29 is 9.21 Å². The third-order valence-electron chi connectivity index (χ3n) is 4.81. The van der Waals surface area contributed by atoms with Crippen molar-refractivity contribution in [2.24, 2.45) is 10.2 Å². The van der Waals surface area contributed by atoms with E-state index in [0.29, 0.717) is 24.4 Å². The summed E-state index contributed by atoms with van der Waals surface area (Å²) in [5.41, 5.74) is 2.79. The van der Waals surface area contributed by atoms with Crippen LogP contribution in [0.4, 0.5) is 0 Å². The van der Waals surface area contributed by atoms with Gasteiger partial charge in [0.25, 0.3) is 5.91 Å². The predicted molar refractivity (Wildman–Crippen MR) is 116 cm³/mol. The van der Waals surface area contributed by atoms with E-state index >= 15 is 0 Å². The van der Waals surface area contributed by atoms with Gasteiger partial charge in [-0.05, 0) is 25.5 Å². The zero-order chi connectivity index (χ0) is 18.8. The zero-order valence-electron chi connectivity index (χ0n) is 15.9. The van der Waals surface area contributed by atoms with E-state index in [1.807, 2.05) is 43.0 Å². The lowest BCUT2D eigenvalue weighted by Gasteiger charge is -2.36. The van der Waals surface area contributed by atoms with Gasteiger partial charge in [0.1, 0.15) is 11.5 Å². The summed E-state index contributed by atoms with van der Waals surface area (Å²) in [5, 5.41) is 9.79. The smallest absolute Gasteiger partial charge is 0.257 e. The average Bonchev–Trinajstić information content (AvgIpc) is 3.06. The molecule has 2 aliphatic heterocycles. The normalized spacial score (nSPS) is 16.9. The fourth-order valence-corrected chi connectivity index (χ4v) is 4.29. The maximum atomic E-state index is 12.7. The highest BCUT2D eigenvalue weighted by atomic mass is 35.5. The molecule has 0 atom stereocenters. The molecule has 1 aromatic carbocycles. The first-order valence-corrected chi connectivity index (χ1v) is 10.0. The Morgan fingerprint density at radius 1 is 1.07 bits per heavy atom. The van der Waals surface area contributed by atoms with E-state index in [9.17, 15) is 4.79 Å². The van der Waals surface area contributed by atoms with E-state index < -0.39 is 0 Å². The summed E-state index contributed by atoms with van der Waals surface area (Å²) in [6, 6.07) is 12.0. The average molecular weight is 419 g/mol. The van der Waals surface area contributed by atoms with Crippen LogP contribution in [-0.4, -0.2) is 58.5 Å². The molecule has 3 heterocycles. The van der Waals surface area contributed by atoms with Gasteiger partial charge in [-0.1, -0.05) is 42.1 Å². The maximum Gasteiger partial charge on any atom is 0.257 e. The lowest BCUT2D eigenvalue weighted by atomic mass is 10.1. The van der Waals surface area contributed by atoms with Crippen LogP contribution in [0.5, 0.6) is 0 Å². The third kappa shape index (κ3) is 4.25. The van der Waals surface area contributed by atoms with Crippen molar-refractivity contribution in [1.29, 1.82) is 0 Å². The van der Waals surface area contributed by atoms with Crippen LogP contribution in [0.15, 0.2) is 51.0 Å². The molecule has 28 heavy (non-hydrogen) atoms. The van der Waals surface area contributed by atoms with E-state index in [1.54, 1.807) is 11.8 Å². The predicted octanol–water partition coefficient (Wildman–Crippen LogP) is 3.58. The Hall–Kier alpha value is -2.25. The van der Waals surface area contributed by atoms with Crippen LogP contribution in [0.25, 0.3) is 0 Å². The number of hydrogen-bond donors (Lipinski definition) is 0. The van der Waals surface area contributed by atoms with E-state index in [2.05, 4.69) is 27.2 Å². The first kappa shape index (κ1) is 20.5. The van der Waals surface area contributed by atoms with E-state index in [-0.39, 0.29) is 18.3 Å². The Morgan fingerprint density at radius 3 is 2.36 bits per heavy atom. The minimum atomic E-state index is 0. The van der Waals surface area contributed by atoms with Crippen LogP contribution in [0.1, 0.15) is 27.4 Å². The molecule has 0 radical (unpaired) electrons. The Kier molecular flexibility index (Phi) is 6.46. The number of furan rings is 1. The number of halogens is 1. The van der Waals surface area contributed by atoms with Gasteiger partial charge in [0.2, 0.25) is 0 Å². The van der Waals surface area contributed by atoms with Crippen LogP contribution in [0, 0.1) is 13.8 Å². The Balaban J connectivity index is 0.00000225. The molecule has 1 saturated heterocycles. The number of carbonyl (C=O) groups excluding carboxylic acids is 1. The Bertz CT molecular complexity index is 902. The molecule has 0 spiro atoms. The molecule has 0 bridgehead atoms. The summed E-state index contributed by atoms with van der Waals surface area (Å²) in [4.78, 5) is 16.8. The quantitative estimate of drug-likeness (QED) is 0.747. The summed E-state index contributed by atoms with van der Waals surface area (Å²) < 4.78 is 5.49. The van der Waals surface area contributed by atoms with Gasteiger partial charge in [-0.25, -0.2) is 0 Å². The molecule has 0 N–H and O–H groups in total. The van der Waals surface area contributed by atoms with Gasteiger partial charge in [0.15, 0.2) is 5.17 Å². The summed E-state index contributed by atoms with van der Waals surface area (Å²) in [6.07, 6.45) is 0. The molecule has 2 aliphatic rings. The summed E-state index contributed by atoms with van der Waals surface area (Å²) >= 11 is 1.71. The molecule has 1 aromatic heterocycles. The van der Waals surface area contributed by atoms with Crippen molar-refractivity contribution in [2.45, 2.75) is 13.8 Å². The number of carbonyl (C=O) groups is 1. The molecule has 1 fully saturated rings. The van der Waals surface area contributed by atoms with Crippen molar-refractivity contribution in [2.75, 3.05) is 31.9 Å². The second-order valence-corrected chi connectivity index (χ2v) is 7.63. The van der Waals surface area contributed by atoms with Crippen molar-refractivity contribution in [3.8, 4) is 0 Å². The van der Waals surface area contributed by atoms with Gasteiger partial charge < -0.3 is 14.2 Å². The number of thioether (sulfide) groups is 1. The lowest BCUT2D eigenvalue weighted by Crippen LogP contribution is -2.50. The number of amidine groups is 1. The van der Waals surface area contributed by atoms with Crippen molar-refractivity contribution in [3.63, 3.8) is 0 Å². The number of hydrogen-bond acceptors (Lipinski definition) is 6. The SMILES string of the molecule is Cc1cc(C(=O)N2CCN(C3=NN=C(c4ccccc4)CS3)CC2)c(C)o1.Cl. The number of rotatable bonds is 2. The second kappa shape index (κ2) is 8.84. The highest BCUT2D eigenvalue weighted by Gasteiger charge is 2.27. The van der Waals surface area contributed by atoms with E-state index in [1.165, 1.54) is 0 Å². The molecule has 0 saturated carbocycles. The molecule has 8 heteroatoms. The Labute approximate surface area is 175 Å². The lowest BCUT2D eigenvalue weighted by molar-refractivity contribution is 0.0692. The third-order valence-corrected chi connectivity index (χ3v) is 5.83. The van der Waals surface area contributed by atoms with Crippen LogP contribution < -0.4 is 0 Å². The number of amides is 1. The largest absolute Gasteiger partial charge is 0.466 e.